The van der Waals surface area contributed by atoms with Crippen molar-refractivity contribution in [2.45, 2.75) is 13.3 Å². The van der Waals surface area contributed by atoms with E-state index in [1.807, 2.05) is 6.07 Å². The number of nitrogens with one attached hydrogen (secondary N) is 2. The number of rotatable bonds is 5. The van der Waals surface area contributed by atoms with Gasteiger partial charge in [0.25, 0.3) is 0 Å². The Kier molecular flexibility index (Phi) is 4.28. The average molecular weight is 263 g/mol. The molecule has 0 atom stereocenters. The van der Waals surface area contributed by atoms with Crippen LogP contribution in [0.1, 0.15) is 13.3 Å². The summed E-state index contributed by atoms with van der Waals surface area (Å²) >= 11 is 0. The van der Waals surface area contributed by atoms with Crippen molar-refractivity contribution in [3.05, 3.63) is 48.0 Å². The van der Waals surface area contributed by atoms with E-state index in [1.54, 1.807) is 12.1 Å². The zero-order valence-corrected chi connectivity index (χ0v) is 10.6. The number of benzene rings is 1. The maximum absolute atomic E-state index is 13.5. The first-order valence-corrected chi connectivity index (χ1v) is 6.12. The summed E-state index contributed by atoms with van der Waals surface area (Å²) in [5, 5.41) is 5.89. The molecule has 0 radical (unpaired) electrons. The molecule has 0 aliphatic rings. The van der Waals surface area contributed by atoms with Crippen molar-refractivity contribution in [3.8, 4) is 0 Å². The minimum absolute atomic E-state index is 0.0696. The molecule has 0 spiro atoms. The van der Waals surface area contributed by atoms with Crippen LogP contribution in [0, 0.1) is 11.6 Å². The molecule has 1 heterocycles. The van der Waals surface area contributed by atoms with Crippen LogP contribution in [-0.2, 0) is 0 Å². The van der Waals surface area contributed by atoms with E-state index in [9.17, 15) is 8.78 Å². The molecule has 0 aliphatic carbocycles. The molecular weight excluding hydrogens is 248 g/mol. The predicted molar refractivity (Wildman–Crippen MR) is 72.7 cm³/mol. The van der Waals surface area contributed by atoms with Gasteiger partial charge in [-0.05, 0) is 30.7 Å². The topological polar surface area (TPSA) is 37.0 Å². The lowest BCUT2D eigenvalue weighted by atomic mass is 10.3. The molecule has 0 bridgehead atoms. The Labute approximate surface area is 110 Å². The molecule has 1 aromatic carbocycles. The van der Waals surface area contributed by atoms with E-state index < -0.39 is 11.6 Å². The van der Waals surface area contributed by atoms with Crippen molar-refractivity contribution in [1.29, 1.82) is 0 Å². The standard InChI is InChI=1S/C14H15F2N3/c1-2-8-17-13-4-3-5-14(19-13)18-12-9-10(15)6-7-11(12)16/h3-7,9H,2,8H2,1H3,(H2,17,18,19). The van der Waals surface area contributed by atoms with Gasteiger partial charge >= 0.3 is 0 Å². The molecule has 100 valence electrons. The van der Waals surface area contributed by atoms with Crippen molar-refractivity contribution in [2.75, 3.05) is 17.2 Å². The lowest BCUT2D eigenvalue weighted by molar-refractivity contribution is 0.603. The molecular formula is C14H15F2N3. The van der Waals surface area contributed by atoms with Crippen LogP contribution in [0.2, 0.25) is 0 Å². The third-order valence-electron chi connectivity index (χ3n) is 2.50. The van der Waals surface area contributed by atoms with Gasteiger partial charge in [0.05, 0.1) is 5.69 Å². The third-order valence-corrected chi connectivity index (χ3v) is 2.50. The summed E-state index contributed by atoms with van der Waals surface area (Å²) in [4.78, 5) is 4.26. The van der Waals surface area contributed by atoms with Crippen LogP contribution >= 0.6 is 0 Å². The quantitative estimate of drug-likeness (QED) is 0.858. The van der Waals surface area contributed by atoms with Crippen LogP contribution in [0.4, 0.5) is 26.1 Å². The van der Waals surface area contributed by atoms with E-state index in [2.05, 4.69) is 22.5 Å². The molecule has 0 saturated carbocycles. The fourth-order valence-electron chi connectivity index (χ4n) is 1.59. The second kappa shape index (κ2) is 6.13. The minimum Gasteiger partial charge on any atom is -0.370 e. The Bertz CT molecular complexity index is 558. The summed E-state index contributed by atoms with van der Waals surface area (Å²) < 4.78 is 26.5. The number of pyridine rings is 1. The highest BCUT2D eigenvalue weighted by molar-refractivity contribution is 5.58. The summed E-state index contributed by atoms with van der Waals surface area (Å²) in [5.41, 5.74) is 0.0696. The van der Waals surface area contributed by atoms with Crippen LogP contribution in [0.25, 0.3) is 0 Å². The van der Waals surface area contributed by atoms with Gasteiger partial charge < -0.3 is 10.6 Å². The van der Waals surface area contributed by atoms with Crippen molar-refractivity contribution in [3.63, 3.8) is 0 Å². The van der Waals surface area contributed by atoms with E-state index in [0.717, 1.165) is 31.2 Å². The predicted octanol–water partition coefficient (Wildman–Crippen LogP) is 3.93. The first-order valence-electron chi connectivity index (χ1n) is 6.12. The van der Waals surface area contributed by atoms with Gasteiger partial charge in [0.15, 0.2) is 0 Å². The molecule has 0 aliphatic heterocycles. The number of aromatic nitrogens is 1. The molecule has 0 fully saturated rings. The van der Waals surface area contributed by atoms with Crippen LogP contribution in [-0.4, -0.2) is 11.5 Å². The first-order chi connectivity index (χ1) is 9.19. The molecule has 5 heteroatoms. The zero-order chi connectivity index (χ0) is 13.7. The second-order valence-electron chi connectivity index (χ2n) is 4.08. The Morgan fingerprint density at radius 3 is 2.68 bits per heavy atom. The van der Waals surface area contributed by atoms with Crippen molar-refractivity contribution in [2.24, 2.45) is 0 Å². The molecule has 2 rings (SSSR count). The van der Waals surface area contributed by atoms with Gasteiger partial charge in [0, 0.05) is 12.6 Å². The highest BCUT2D eigenvalue weighted by atomic mass is 19.1. The van der Waals surface area contributed by atoms with Gasteiger partial charge in [-0.3, -0.25) is 0 Å². The number of halogens is 2. The van der Waals surface area contributed by atoms with Gasteiger partial charge in [-0.25, -0.2) is 13.8 Å². The average Bonchev–Trinajstić information content (AvgIpc) is 2.41. The number of hydrogen-bond donors (Lipinski definition) is 2. The fourth-order valence-corrected chi connectivity index (χ4v) is 1.59. The van der Waals surface area contributed by atoms with E-state index in [4.69, 9.17) is 0 Å². The molecule has 2 N–H and O–H groups in total. The van der Waals surface area contributed by atoms with Gasteiger partial charge in [-0.1, -0.05) is 13.0 Å². The van der Waals surface area contributed by atoms with Crippen LogP contribution in [0.3, 0.4) is 0 Å². The summed E-state index contributed by atoms with van der Waals surface area (Å²) in [7, 11) is 0. The molecule has 1 aromatic heterocycles. The number of anilines is 3. The normalized spacial score (nSPS) is 10.3. The van der Waals surface area contributed by atoms with Crippen LogP contribution < -0.4 is 10.6 Å². The number of nitrogens with zero attached hydrogens (tertiary/aromatic N) is 1. The molecule has 2 aromatic rings. The Balaban J connectivity index is 2.16. The van der Waals surface area contributed by atoms with Gasteiger partial charge in [0.2, 0.25) is 0 Å². The second-order valence-corrected chi connectivity index (χ2v) is 4.08. The van der Waals surface area contributed by atoms with Crippen LogP contribution in [0.5, 0.6) is 0 Å². The Morgan fingerprint density at radius 2 is 1.89 bits per heavy atom. The zero-order valence-electron chi connectivity index (χ0n) is 10.6. The molecule has 0 unspecified atom stereocenters. The highest BCUT2D eigenvalue weighted by Crippen LogP contribution is 2.20. The Morgan fingerprint density at radius 1 is 1.11 bits per heavy atom. The number of hydrogen-bond acceptors (Lipinski definition) is 3. The molecule has 19 heavy (non-hydrogen) atoms. The van der Waals surface area contributed by atoms with Gasteiger partial charge in [-0.15, -0.1) is 0 Å². The lowest BCUT2D eigenvalue weighted by Gasteiger charge is -2.09. The van der Waals surface area contributed by atoms with E-state index in [-0.39, 0.29) is 5.69 Å². The minimum atomic E-state index is -0.518. The SMILES string of the molecule is CCCNc1cccc(Nc2cc(F)ccc2F)n1. The maximum Gasteiger partial charge on any atom is 0.146 e. The van der Waals surface area contributed by atoms with Gasteiger partial charge in [-0.2, -0.15) is 0 Å². The van der Waals surface area contributed by atoms with E-state index >= 15 is 0 Å². The summed E-state index contributed by atoms with van der Waals surface area (Å²) in [6.45, 7) is 2.86. The van der Waals surface area contributed by atoms with Crippen molar-refractivity contribution >= 4 is 17.3 Å². The first kappa shape index (κ1) is 13.3. The molecule has 0 saturated heterocycles. The molecule has 3 nitrogen and oxygen atoms in total. The van der Waals surface area contributed by atoms with Crippen molar-refractivity contribution in [1.82, 2.24) is 4.98 Å². The third kappa shape index (κ3) is 3.64. The van der Waals surface area contributed by atoms with E-state index in [0.29, 0.717) is 11.6 Å². The lowest BCUT2D eigenvalue weighted by Crippen LogP contribution is -2.03. The summed E-state index contributed by atoms with van der Waals surface area (Å²) in [6, 6.07) is 8.57. The summed E-state index contributed by atoms with van der Waals surface area (Å²) in [5.74, 6) is 0.147. The highest BCUT2D eigenvalue weighted by Gasteiger charge is 2.05. The monoisotopic (exact) mass is 263 g/mol. The van der Waals surface area contributed by atoms with Gasteiger partial charge in [0.1, 0.15) is 23.3 Å². The maximum atomic E-state index is 13.5. The van der Waals surface area contributed by atoms with Crippen LogP contribution in [0.15, 0.2) is 36.4 Å². The molecule has 0 amide bonds. The van der Waals surface area contributed by atoms with E-state index in [1.165, 1.54) is 0 Å². The summed E-state index contributed by atoms with van der Waals surface area (Å²) in [6.07, 6.45) is 0.984. The smallest absolute Gasteiger partial charge is 0.146 e. The Hall–Kier alpha value is -2.17. The van der Waals surface area contributed by atoms with Crippen molar-refractivity contribution < 1.29 is 8.78 Å². The fraction of sp³-hybridized carbons (Fsp3) is 0.214. The largest absolute Gasteiger partial charge is 0.370 e.